The second kappa shape index (κ2) is 8.94. The van der Waals surface area contributed by atoms with Gasteiger partial charge < -0.3 is 14.8 Å². The topological polar surface area (TPSA) is 64.6 Å². The maximum absolute atomic E-state index is 13.4. The van der Waals surface area contributed by atoms with Gasteiger partial charge in [0.05, 0.1) is 18.7 Å². The Labute approximate surface area is 149 Å². The van der Waals surface area contributed by atoms with Gasteiger partial charge in [0.2, 0.25) is 0 Å². The molecule has 0 heterocycles. The zero-order valence-corrected chi connectivity index (χ0v) is 14.5. The number of carbonyl (C=O) groups excluding carboxylic acids is 2. The number of benzene rings is 2. The van der Waals surface area contributed by atoms with E-state index in [2.05, 4.69) is 5.32 Å². The first-order valence-corrected chi connectivity index (χ1v) is 7.95. The van der Waals surface area contributed by atoms with Crippen molar-refractivity contribution >= 4 is 17.6 Å². The Morgan fingerprint density at radius 1 is 1.08 bits per heavy atom. The molecule has 0 aromatic heterocycles. The fourth-order valence-corrected chi connectivity index (χ4v) is 2.10. The van der Waals surface area contributed by atoms with Crippen molar-refractivity contribution in [3.05, 3.63) is 59.2 Å². The van der Waals surface area contributed by atoms with Crippen LogP contribution >= 0.6 is 0 Å². The number of anilines is 1. The Morgan fingerprint density at radius 2 is 1.85 bits per heavy atom. The molecule has 2 aromatic rings. The quantitative estimate of drug-likeness (QED) is 0.765. The number of ether oxygens (including phenoxy) is 2. The molecule has 1 N–H and O–H groups in total. The number of carbonyl (C=O) groups is 2. The molecule has 7 heteroatoms. The number of rotatable bonds is 7. The second-order valence-corrected chi connectivity index (χ2v) is 5.70. The molecule has 138 valence electrons. The van der Waals surface area contributed by atoms with Gasteiger partial charge >= 0.3 is 5.97 Å². The van der Waals surface area contributed by atoms with Gasteiger partial charge in [0.15, 0.2) is 6.61 Å². The van der Waals surface area contributed by atoms with Crippen LogP contribution < -0.4 is 10.1 Å². The number of nitrogens with one attached hydrogen (secondary N) is 1. The van der Waals surface area contributed by atoms with Crippen LogP contribution in [0.4, 0.5) is 14.5 Å². The minimum Gasteiger partial charge on any atom is -0.493 e. The minimum atomic E-state index is -0.911. The average molecular weight is 363 g/mol. The molecule has 0 aliphatic rings. The molecule has 0 fully saturated rings. The molecule has 0 radical (unpaired) electrons. The molecule has 0 spiro atoms. The summed E-state index contributed by atoms with van der Waals surface area (Å²) >= 11 is 0. The van der Waals surface area contributed by atoms with Crippen molar-refractivity contribution in [3.8, 4) is 5.75 Å². The highest BCUT2D eigenvalue weighted by atomic mass is 19.1. The number of aryl methyl sites for hydroxylation is 2. The van der Waals surface area contributed by atoms with Gasteiger partial charge in [-0.1, -0.05) is 12.1 Å². The van der Waals surface area contributed by atoms with Gasteiger partial charge in [-0.2, -0.15) is 0 Å². The highest BCUT2D eigenvalue weighted by Gasteiger charge is 2.11. The molecule has 1 amide bonds. The van der Waals surface area contributed by atoms with E-state index in [4.69, 9.17) is 9.47 Å². The second-order valence-electron chi connectivity index (χ2n) is 5.70. The normalized spacial score (nSPS) is 10.3. The van der Waals surface area contributed by atoms with E-state index < -0.39 is 30.1 Å². The monoisotopic (exact) mass is 363 g/mol. The summed E-state index contributed by atoms with van der Waals surface area (Å²) in [7, 11) is 0. The highest BCUT2D eigenvalue weighted by molar-refractivity contribution is 5.92. The van der Waals surface area contributed by atoms with E-state index in [9.17, 15) is 18.4 Å². The number of hydrogen-bond donors (Lipinski definition) is 1. The SMILES string of the molecule is Cc1ccc(C)c(OCCC(=O)OCC(=O)Nc2ccc(F)cc2F)c1. The molecule has 2 rings (SSSR count). The van der Waals surface area contributed by atoms with Crippen molar-refractivity contribution in [3.63, 3.8) is 0 Å². The van der Waals surface area contributed by atoms with E-state index in [0.29, 0.717) is 11.8 Å². The van der Waals surface area contributed by atoms with Crippen LogP contribution in [0, 0.1) is 25.5 Å². The molecule has 0 aliphatic carbocycles. The molecule has 0 aliphatic heterocycles. The minimum absolute atomic E-state index is 0.0361. The molecular weight excluding hydrogens is 344 g/mol. The third-order valence-corrected chi connectivity index (χ3v) is 3.48. The van der Waals surface area contributed by atoms with Crippen molar-refractivity contribution in [1.82, 2.24) is 0 Å². The van der Waals surface area contributed by atoms with Crippen LogP contribution in [0.2, 0.25) is 0 Å². The first kappa shape index (κ1) is 19.4. The zero-order chi connectivity index (χ0) is 19.1. The molecule has 0 saturated carbocycles. The summed E-state index contributed by atoms with van der Waals surface area (Å²) in [6.45, 7) is 3.37. The molecule has 0 saturated heterocycles. The van der Waals surface area contributed by atoms with Gasteiger partial charge in [-0.15, -0.1) is 0 Å². The van der Waals surface area contributed by atoms with Crippen LogP contribution in [0.5, 0.6) is 5.75 Å². The van der Waals surface area contributed by atoms with E-state index in [0.717, 1.165) is 23.3 Å². The third-order valence-electron chi connectivity index (χ3n) is 3.48. The number of halogens is 2. The molecule has 0 atom stereocenters. The molecular formula is C19H19F2NO4. The summed E-state index contributed by atoms with van der Waals surface area (Å²) in [5.74, 6) is -2.32. The Bertz CT molecular complexity index is 808. The average Bonchev–Trinajstić information content (AvgIpc) is 2.58. The smallest absolute Gasteiger partial charge is 0.309 e. The van der Waals surface area contributed by atoms with Gasteiger partial charge in [-0.05, 0) is 43.2 Å². The Kier molecular flexibility index (Phi) is 6.66. The van der Waals surface area contributed by atoms with E-state index >= 15 is 0 Å². The summed E-state index contributed by atoms with van der Waals surface area (Å²) in [5, 5.41) is 2.20. The third kappa shape index (κ3) is 5.84. The predicted octanol–water partition coefficient (Wildman–Crippen LogP) is 3.53. The van der Waals surface area contributed by atoms with Crippen LogP contribution in [-0.2, 0) is 14.3 Å². The van der Waals surface area contributed by atoms with E-state index in [1.807, 2.05) is 32.0 Å². The Hall–Kier alpha value is -2.96. The molecule has 0 unspecified atom stereocenters. The van der Waals surface area contributed by atoms with Crippen molar-refractivity contribution in [2.75, 3.05) is 18.5 Å². The molecule has 5 nitrogen and oxygen atoms in total. The van der Waals surface area contributed by atoms with Crippen LogP contribution in [0.25, 0.3) is 0 Å². The molecule has 0 bridgehead atoms. The van der Waals surface area contributed by atoms with Crippen molar-refractivity contribution in [2.24, 2.45) is 0 Å². The molecule has 26 heavy (non-hydrogen) atoms. The van der Waals surface area contributed by atoms with E-state index in [1.54, 1.807) is 0 Å². The Morgan fingerprint density at radius 3 is 2.58 bits per heavy atom. The first-order valence-electron chi connectivity index (χ1n) is 7.95. The van der Waals surface area contributed by atoms with Gasteiger partial charge in [-0.25, -0.2) is 8.78 Å². The summed E-state index contributed by atoms with van der Waals surface area (Å²) in [4.78, 5) is 23.3. The van der Waals surface area contributed by atoms with Crippen molar-refractivity contribution < 1.29 is 27.8 Å². The largest absolute Gasteiger partial charge is 0.493 e. The first-order chi connectivity index (χ1) is 12.3. The predicted molar refractivity (Wildman–Crippen MR) is 92.0 cm³/mol. The molecule has 2 aromatic carbocycles. The van der Waals surface area contributed by atoms with Gasteiger partial charge in [0.1, 0.15) is 17.4 Å². The summed E-state index contributed by atoms with van der Waals surface area (Å²) in [6, 6.07) is 8.48. The van der Waals surface area contributed by atoms with Crippen LogP contribution in [0.15, 0.2) is 36.4 Å². The standard InChI is InChI=1S/C19H19F2NO4/c1-12-3-4-13(2)17(9-12)25-8-7-19(24)26-11-18(23)22-16-6-5-14(20)10-15(16)21/h3-6,9-10H,7-8,11H2,1-2H3,(H,22,23). The van der Waals surface area contributed by atoms with Crippen LogP contribution in [0.3, 0.4) is 0 Å². The Balaban J connectivity index is 1.72. The maximum atomic E-state index is 13.4. The van der Waals surface area contributed by atoms with Crippen LogP contribution in [0.1, 0.15) is 17.5 Å². The number of amides is 1. The van der Waals surface area contributed by atoms with E-state index in [1.165, 1.54) is 0 Å². The van der Waals surface area contributed by atoms with Crippen molar-refractivity contribution in [2.45, 2.75) is 20.3 Å². The maximum Gasteiger partial charge on any atom is 0.309 e. The van der Waals surface area contributed by atoms with Gasteiger partial charge in [0.25, 0.3) is 5.91 Å². The highest BCUT2D eigenvalue weighted by Crippen LogP contribution is 2.19. The van der Waals surface area contributed by atoms with Crippen molar-refractivity contribution in [1.29, 1.82) is 0 Å². The lowest BCUT2D eigenvalue weighted by Gasteiger charge is -2.10. The summed E-state index contributed by atoms with van der Waals surface area (Å²) < 4.78 is 36.5. The lowest BCUT2D eigenvalue weighted by Crippen LogP contribution is -2.22. The van der Waals surface area contributed by atoms with Gasteiger partial charge in [0, 0.05) is 6.07 Å². The number of hydrogen-bond acceptors (Lipinski definition) is 4. The summed E-state index contributed by atoms with van der Waals surface area (Å²) in [5.41, 5.74) is 1.80. The lowest BCUT2D eigenvalue weighted by atomic mass is 10.1. The van der Waals surface area contributed by atoms with E-state index in [-0.39, 0.29) is 18.7 Å². The zero-order valence-electron chi connectivity index (χ0n) is 14.5. The number of esters is 1. The van der Waals surface area contributed by atoms with Crippen LogP contribution in [-0.4, -0.2) is 25.1 Å². The fourth-order valence-electron chi connectivity index (χ4n) is 2.10. The fraction of sp³-hybridized carbons (Fsp3) is 0.263. The summed E-state index contributed by atoms with van der Waals surface area (Å²) in [6.07, 6.45) is -0.0361. The van der Waals surface area contributed by atoms with Gasteiger partial charge in [-0.3, -0.25) is 9.59 Å². The lowest BCUT2D eigenvalue weighted by molar-refractivity contribution is -0.147.